The van der Waals surface area contributed by atoms with Gasteiger partial charge in [0.2, 0.25) is 0 Å². The van der Waals surface area contributed by atoms with Gasteiger partial charge >= 0.3 is 0 Å². The van der Waals surface area contributed by atoms with Crippen LogP contribution in [0.1, 0.15) is 42.9 Å². The smallest absolute Gasteiger partial charge is 0.0580 e. The fraction of sp³-hybridized carbons (Fsp3) is 0.120. The molecule has 0 saturated carbocycles. The lowest BCUT2D eigenvalue weighted by atomic mass is 9.80. The minimum Gasteiger partial charge on any atom is -0.333 e. The summed E-state index contributed by atoms with van der Waals surface area (Å²) in [4.78, 5) is 2.46. The average molecular weight is 669 g/mol. The molecule has 1 aromatic heterocycles. The standard InChI is InChI=1S/C50H40N2/c1-4-17-35(18-5-1)49-42-26-10-12-28-44(42)50(45-29-13-11-27-43(45)49)36-31-32-48-46(33-36)41-25-14-15-30-47(41)52(48)40-24-16-23-39(34-40)51(37-19-6-2-7-20-37)38-21-8-3-9-22-38/h1-2,4-8,10-12,14-28,30-33,40H,3,9,13,29,34H2. The van der Waals surface area contributed by atoms with E-state index >= 15 is 0 Å². The Balaban J connectivity index is 1.12. The first-order valence-electron chi connectivity index (χ1n) is 18.8. The molecule has 0 amide bonds. The lowest BCUT2D eigenvalue weighted by Crippen LogP contribution is -2.25. The summed E-state index contributed by atoms with van der Waals surface area (Å²) >= 11 is 0. The van der Waals surface area contributed by atoms with E-state index in [1.807, 2.05) is 0 Å². The Hall–Kier alpha value is -6.12. The predicted octanol–water partition coefficient (Wildman–Crippen LogP) is 13.4. The number of aromatic nitrogens is 1. The number of benzene rings is 6. The molecule has 0 radical (unpaired) electrons. The number of anilines is 1. The van der Waals surface area contributed by atoms with Crippen molar-refractivity contribution >= 4 is 44.3 Å². The first kappa shape index (κ1) is 30.7. The molecule has 0 N–H and O–H groups in total. The highest BCUT2D eigenvalue weighted by molar-refractivity contribution is 6.13. The van der Waals surface area contributed by atoms with Crippen molar-refractivity contribution < 1.29 is 0 Å². The molecular weight excluding hydrogens is 629 g/mol. The zero-order valence-electron chi connectivity index (χ0n) is 29.3. The molecule has 6 aromatic carbocycles. The molecule has 0 saturated heterocycles. The highest BCUT2D eigenvalue weighted by Crippen LogP contribution is 2.46. The Labute approximate surface area is 305 Å². The monoisotopic (exact) mass is 668 g/mol. The van der Waals surface area contributed by atoms with E-state index in [0.29, 0.717) is 0 Å². The van der Waals surface area contributed by atoms with Crippen molar-refractivity contribution in [3.8, 4) is 22.3 Å². The molecule has 0 aliphatic heterocycles. The van der Waals surface area contributed by atoms with Crippen molar-refractivity contribution in [2.75, 3.05) is 4.90 Å². The summed E-state index contributed by atoms with van der Waals surface area (Å²) in [5.41, 5.74) is 14.5. The fourth-order valence-corrected chi connectivity index (χ4v) is 8.96. The Morgan fingerprint density at radius 2 is 1.29 bits per heavy atom. The summed E-state index contributed by atoms with van der Waals surface area (Å²) in [6.07, 6.45) is 23.8. The number of fused-ring (bicyclic) bond motifs is 5. The molecule has 1 unspecified atom stereocenters. The summed E-state index contributed by atoms with van der Waals surface area (Å²) in [6.45, 7) is 0. The number of allylic oxidation sites excluding steroid dienone is 8. The molecule has 0 fully saturated rings. The molecule has 250 valence electrons. The lowest BCUT2D eigenvalue weighted by molar-refractivity contribution is 0.620. The van der Waals surface area contributed by atoms with Crippen molar-refractivity contribution in [3.05, 3.63) is 192 Å². The zero-order chi connectivity index (χ0) is 34.4. The van der Waals surface area contributed by atoms with Gasteiger partial charge in [-0.3, -0.25) is 0 Å². The Morgan fingerprint density at radius 1 is 0.577 bits per heavy atom. The van der Waals surface area contributed by atoms with E-state index in [1.165, 1.54) is 83.0 Å². The molecule has 0 spiro atoms. The van der Waals surface area contributed by atoms with Crippen LogP contribution in [0.3, 0.4) is 0 Å². The third-order valence-electron chi connectivity index (χ3n) is 11.2. The minimum absolute atomic E-state index is 0.177. The third kappa shape index (κ3) is 5.09. The Morgan fingerprint density at radius 3 is 2.10 bits per heavy atom. The largest absolute Gasteiger partial charge is 0.333 e. The van der Waals surface area contributed by atoms with Crippen LogP contribution < -0.4 is 4.90 Å². The van der Waals surface area contributed by atoms with Gasteiger partial charge in [0.15, 0.2) is 0 Å². The van der Waals surface area contributed by atoms with Gasteiger partial charge < -0.3 is 9.47 Å². The molecule has 1 heterocycles. The van der Waals surface area contributed by atoms with E-state index in [0.717, 1.165) is 32.1 Å². The molecule has 7 aromatic rings. The molecule has 10 rings (SSSR count). The maximum absolute atomic E-state index is 2.58. The van der Waals surface area contributed by atoms with E-state index in [1.54, 1.807) is 0 Å². The molecule has 52 heavy (non-hydrogen) atoms. The third-order valence-corrected chi connectivity index (χ3v) is 11.2. The summed E-state index contributed by atoms with van der Waals surface area (Å²) in [5, 5.41) is 5.26. The van der Waals surface area contributed by atoms with Crippen molar-refractivity contribution in [3.63, 3.8) is 0 Å². The van der Waals surface area contributed by atoms with Crippen LogP contribution in [-0.4, -0.2) is 4.57 Å². The van der Waals surface area contributed by atoms with Gasteiger partial charge in [0.05, 0.1) is 6.04 Å². The maximum Gasteiger partial charge on any atom is 0.0580 e. The Bertz CT molecular complexity index is 2650. The zero-order valence-corrected chi connectivity index (χ0v) is 29.3. The number of para-hydroxylation sites is 2. The topological polar surface area (TPSA) is 8.17 Å². The quantitative estimate of drug-likeness (QED) is 0.171. The van der Waals surface area contributed by atoms with Crippen LogP contribution in [-0.2, 0) is 6.42 Å². The summed E-state index contributed by atoms with van der Waals surface area (Å²) in [6, 6.07) is 47.2. The molecule has 3 aliphatic carbocycles. The van der Waals surface area contributed by atoms with E-state index in [-0.39, 0.29) is 6.04 Å². The normalized spacial score (nSPS) is 16.7. The van der Waals surface area contributed by atoms with Crippen LogP contribution in [0.4, 0.5) is 5.69 Å². The highest BCUT2D eigenvalue weighted by atomic mass is 15.2. The van der Waals surface area contributed by atoms with E-state index in [9.17, 15) is 0 Å². The maximum atomic E-state index is 2.58. The van der Waals surface area contributed by atoms with Crippen LogP contribution in [0, 0.1) is 0 Å². The van der Waals surface area contributed by atoms with Gasteiger partial charge in [0.25, 0.3) is 0 Å². The van der Waals surface area contributed by atoms with Crippen LogP contribution in [0.25, 0.3) is 60.9 Å². The van der Waals surface area contributed by atoms with Gasteiger partial charge in [-0.2, -0.15) is 0 Å². The number of rotatable bonds is 6. The molecule has 1 atom stereocenters. The number of hydrogen-bond donors (Lipinski definition) is 0. The first-order valence-corrected chi connectivity index (χ1v) is 18.8. The second-order valence-corrected chi connectivity index (χ2v) is 14.2. The van der Waals surface area contributed by atoms with Gasteiger partial charge in [0, 0.05) is 45.3 Å². The van der Waals surface area contributed by atoms with Crippen molar-refractivity contribution in [1.29, 1.82) is 0 Å². The van der Waals surface area contributed by atoms with Crippen molar-refractivity contribution in [1.82, 2.24) is 4.57 Å². The highest BCUT2D eigenvalue weighted by Gasteiger charge is 2.26. The van der Waals surface area contributed by atoms with E-state index in [4.69, 9.17) is 0 Å². The fourth-order valence-electron chi connectivity index (χ4n) is 8.96. The summed E-state index contributed by atoms with van der Waals surface area (Å²) < 4.78 is 2.58. The molecule has 2 nitrogen and oxygen atoms in total. The van der Waals surface area contributed by atoms with Gasteiger partial charge in [-0.15, -0.1) is 0 Å². The molecule has 3 aliphatic rings. The van der Waals surface area contributed by atoms with Crippen LogP contribution in [0.5, 0.6) is 0 Å². The van der Waals surface area contributed by atoms with Crippen molar-refractivity contribution in [2.45, 2.75) is 38.1 Å². The summed E-state index contributed by atoms with van der Waals surface area (Å²) in [7, 11) is 0. The average Bonchev–Trinajstić information content (AvgIpc) is 3.55. The molecular formula is C50H40N2. The molecule has 0 bridgehead atoms. The number of nitrogens with zero attached hydrogens (tertiary/aromatic N) is 2. The SMILES string of the molecule is C1=CC(n2c3ccccc3c3cc(-c4c5c(c(-c6ccccc6)c6ccccc46)C=CCC5)ccc32)CC(N(C2=CCCC=C2)c2ccccc2)=C1. The van der Waals surface area contributed by atoms with Gasteiger partial charge in [0.1, 0.15) is 0 Å². The van der Waals surface area contributed by atoms with Crippen LogP contribution in [0.2, 0.25) is 0 Å². The van der Waals surface area contributed by atoms with E-state index < -0.39 is 0 Å². The Kier molecular flexibility index (Phi) is 7.61. The van der Waals surface area contributed by atoms with Crippen LogP contribution in [0.15, 0.2) is 181 Å². The van der Waals surface area contributed by atoms with Crippen LogP contribution >= 0.6 is 0 Å². The van der Waals surface area contributed by atoms with Gasteiger partial charge in [-0.25, -0.2) is 0 Å². The van der Waals surface area contributed by atoms with Gasteiger partial charge in [-0.05, 0) is 112 Å². The second kappa shape index (κ2) is 12.9. The number of hydrogen-bond acceptors (Lipinski definition) is 1. The van der Waals surface area contributed by atoms with E-state index in [2.05, 4.69) is 185 Å². The summed E-state index contributed by atoms with van der Waals surface area (Å²) in [5.74, 6) is 0. The van der Waals surface area contributed by atoms with Crippen molar-refractivity contribution in [2.24, 2.45) is 0 Å². The second-order valence-electron chi connectivity index (χ2n) is 14.2. The molecule has 2 heteroatoms. The predicted molar refractivity (Wildman–Crippen MR) is 221 cm³/mol. The first-order chi connectivity index (χ1) is 25.8. The van der Waals surface area contributed by atoms with Gasteiger partial charge in [-0.1, -0.05) is 134 Å². The lowest BCUT2D eigenvalue weighted by Gasteiger charge is -2.33. The minimum atomic E-state index is 0.177.